The van der Waals surface area contributed by atoms with Crippen molar-refractivity contribution in [1.29, 1.82) is 0 Å². The van der Waals surface area contributed by atoms with Gasteiger partial charge in [0, 0.05) is 43.9 Å². The number of urea groups is 1. The van der Waals surface area contributed by atoms with Crippen molar-refractivity contribution in [3.63, 3.8) is 0 Å². The lowest BCUT2D eigenvalue weighted by Crippen LogP contribution is -2.62. The van der Waals surface area contributed by atoms with Gasteiger partial charge in [0.25, 0.3) is 0 Å². The van der Waals surface area contributed by atoms with Gasteiger partial charge in [-0.3, -0.25) is 4.90 Å². The predicted octanol–water partition coefficient (Wildman–Crippen LogP) is 2.59. The zero-order valence-electron chi connectivity index (χ0n) is 14.7. The highest BCUT2D eigenvalue weighted by Gasteiger charge is 2.53. The molecule has 2 aliphatic heterocycles. The van der Waals surface area contributed by atoms with E-state index in [-0.39, 0.29) is 12.1 Å². The van der Waals surface area contributed by atoms with E-state index >= 15 is 0 Å². The van der Waals surface area contributed by atoms with Crippen LogP contribution in [0.1, 0.15) is 37.6 Å². The minimum absolute atomic E-state index is 0.0819. The van der Waals surface area contributed by atoms with Gasteiger partial charge in [0.15, 0.2) is 0 Å². The summed E-state index contributed by atoms with van der Waals surface area (Å²) < 4.78 is 6.46. The Balaban J connectivity index is 1.82. The molecule has 1 saturated heterocycles. The number of nitrogens with zero attached hydrogens (tertiary/aromatic N) is 3. The fourth-order valence-electron chi connectivity index (χ4n) is 3.85. The lowest BCUT2D eigenvalue weighted by atomic mass is 9.88. The van der Waals surface area contributed by atoms with Gasteiger partial charge in [-0.2, -0.15) is 0 Å². The zero-order valence-corrected chi connectivity index (χ0v) is 14.7. The average molecular weight is 341 g/mol. The summed E-state index contributed by atoms with van der Waals surface area (Å²) in [5.41, 5.74) is 2.07. The Morgan fingerprint density at radius 1 is 1.40 bits per heavy atom. The molecule has 7 heteroatoms. The number of rotatable bonds is 4. The molecule has 2 amide bonds. The third-order valence-corrected chi connectivity index (χ3v) is 5.32. The molecule has 0 radical (unpaired) electrons. The summed E-state index contributed by atoms with van der Waals surface area (Å²) in [6.07, 6.45) is 3.98. The van der Waals surface area contributed by atoms with E-state index in [0.29, 0.717) is 6.42 Å². The Morgan fingerprint density at radius 2 is 2.20 bits per heavy atom. The van der Waals surface area contributed by atoms with Crippen LogP contribution >= 0.6 is 0 Å². The Hall–Kier alpha value is -2.70. The number of hydrogen-bond acceptors (Lipinski definition) is 4. The number of aromatic amines is 1. The monoisotopic (exact) mass is 341 g/mol. The Morgan fingerprint density at radius 3 is 2.88 bits per heavy atom. The van der Waals surface area contributed by atoms with Crippen LogP contribution in [-0.2, 0) is 5.72 Å². The van der Waals surface area contributed by atoms with E-state index in [0.717, 1.165) is 35.8 Å². The highest BCUT2D eigenvalue weighted by Crippen LogP contribution is 2.48. The minimum Gasteiger partial charge on any atom is -0.461 e. The maximum atomic E-state index is 12.5. The Kier molecular flexibility index (Phi) is 3.59. The number of nitrogens with one attached hydrogen (secondary N) is 2. The number of amides is 2. The molecule has 1 fully saturated rings. The van der Waals surface area contributed by atoms with E-state index in [9.17, 15) is 4.79 Å². The van der Waals surface area contributed by atoms with Crippen molar-refractivity contribution >= 4 is 11.7 Å². The molecule has 132 valence electrons. The van der Waals surface area contributed by atoms with E-state index in [1.165, 1.54) is 0 Å². The molecule has 2 unspecified atom stereocenters. The normalized spacial score (nSPS) is 24.4. The molecule has 2 atom stereocenters. The standard InChI is InChI=1S/C18H23N5O2/c1-4-23(5-2)12-6-7-13-14-9-18(25-15(13)8-12,16-10-19-11-20-16)22(3)17(24)21-14/h6-8,10-11,14H,4-5,9H2,1-3H3,(H,19,20)(H,21,24). The molecule has 2 N–H and O–H groups in total. The van der Waals surface area contributed by atoms with Crippen LogP contribution in [0.5, 0.6) is 5.75 Å². The summed E-state index contributed by atoms with van der Waals surface area (Å²) >= 11 is 0. The largest absolute Gasteiger partial charge is 0.461 e. The van der Waals surface area contributed by atoms with Gasteiger partial charge in [0.1, 0.15) is 11.4 Å². The lowest BCUT2D eigenvalue weighted by Gasteiger charge is -2.50. The number of carbonyl (C=O) groups excluding carboxylic acids is 1. The van der Waals surface area contributed by atoms with E-state index < -0.39 is 5.72 Å². The third-order valence-electron chi connectivity index (χ3n) is 5.32. The molecule has 0 saturated carbocycles. The molecule has 2 bridgehead atoms. The molecule has 4 rings (SSSR count). The van der Waals surface area contributed by atoms with Crippen LogP contribution < -0.4 is 15.0 Å². The van der Waals surface area contributed by atoms with Crippen LogP contribution in [0.15, 0.2) is 30.7 Å². The summed E-state index contributed by atoms with van der Waals surface area (Å²) in [4.78, 5) is 23.6. The molecule has 2 aromatic rings. The summed E-state index contributed by atoms with van der Waals surface area (Å²) in [6.45, 7) is 6.14. The van der Waals surface area contributed by atoms with Gasteiger partial charge in [-0.1, -0.05) is 6.07 Å². The van der Waals surface area contributed by atoms with Crippen LogP contribution in [0.4, 0.5) is 10.5 Å². The number of carbonyl (C=O) groups is 1. The highest BCUT2D eigenvalue weighted by atomic mass is 16.5. The molecular formula is C18H23N5O2. The number of aromatic nitrogens is 2. The van der Waals surface area contributed by atoms with Crippen LogP contribution in [0, 0.1) is 0 Å². The molecule has 25 heavy (non-hydrogen) atoms. The molecule has 3 heterocycles. The summed E-state index contributed by atoms with van der Waals surface area (Å²) in [6, 6.07) is 6.01. The number of H-pyrrole nitrogens is 1. The smallest absolute Gasteiger partial charge is 0.321 e. The average Bonchev–Trinajstić information content (AvgIpc) is 3.16. The van der Waals surface area contributed by atoms with Crippen molar-refractivity contribution in [2.45, 2.75) is 32.0 Å². The number of anilines is 1. The van der Waals surface area contributed by atoms with Crippen molar-refractivity contribution < 1.29 is 9.53 Å². The third kappa shape index (κ3) is 2.26. The Labute approximate surface area is 147 Å². The number of fused-ring (bicyclic) bond motifs is 4. The number of hydrogen-bond donors (Lipinski definition) is 2. The fourth-order valence-corrected chi connectivity index (χ4v) is 3.85. The van der Waals surface area contributed by atoms with Gasteiger partial charge in [0.2, 0.25) is 5.72 Å². The van der Waals surface area contributed by atoms with Crippen molar-refractivity contribution in [3.8, 4) is 5.75 Å². The van der Waals surface area contributed by atoms with E-state index in [1.54, 1.807) is 24.5 Å². The van der Waals surface area contributed by atoms with Gasteiger partial charge < -0.3 is 19.9 Å². The van der Waals surface area contributed by atoms with Crippen molar-refractivity contribution in [2.75, 3.05) is 25.0 Å². The van der Waals surface area contributed by atoms with Crippen molar-refractivity contribution in [1.82, 2.24) is 20.2 Å². The Bertz CT molecular complexity index is 787. The summed E-state index contributed by atoms with van der Waals surface area (Å²) in [5, 5.41) is 3.08. The van der Waals surface area contributed by atoms with Gasteiger partial charge in [-0.25, -0.2) is 9.78 Å². The van der Waals surface area contributed by atoms with Gasteiger partial charge in [-0.05, 0) is 19.9 Å². The molecule has 0 aliphatic carbocycles. The highest BCUT2D eigenvalue weighted by molar-refractivity contribution is 5.77. The van der Waals surface area contributed by atoms with Gasteiger partial charge in [0.05, 0.1) is 18.6 Å². The van der Waals surface area contributed by atoms with Crippen LogP contribution in [0.3, 0.4) is 0 Å². The first-order valence-corrected chi connectivity index (χ1v) is 8.70. The zero-order chi connectivity index (χ0) is 17.6. The molecular weight excluding hydrogens is 318 g/mol. The maximum absolute atomic E-state index is 12.5. The lowest BCUT2D eigenvalue weighted by molar-refractivity contribution is -0.0963. The first-order valence-electron chi connectivity index (χ1n) is 8.70. The van der Waals surface area contributed by atoms with Crippen molar-refractivity contribution in [2.24, 2.45) is 0 Å². The molecule has 7 nitrogen and oxygen atoms in total. The van der Waals surface area contributed by atoms with Gasteiger partial charge in [-0.15, -0.1) is 0 Å². The molecule has 0 spiro atoms. The maximum Gasteiger partial charge on any atom is 0.321 e. The SMILES string of the molecule is CCN(CC)c1ccc2c(c1)OC1(c3cnc[nH]3)CC2NC(=O)N1C. The fraction of sp³-hybridized carbons (Fsp3) is 0.444. The molecule has 2 aliphatic rings. The quantitative estimate of drug-likeness (QED) is 0.896. The molecule has 1 aromatic carbocycles. The second kappa shape index (κ2) is 5.68. The number of benzene rings is 1. The predicted molar refractivity (Wildman–Crippen MR) is 94.5 cm³/mol. The number of imidazole rings is 1. The number of ether oxygens (including phenoxy) is 1. The summed E-state index contributed by atoms with van der Waals surface area (Å²) in [7, 11) is 1.76. The van der Waals surface area contributed by atoms with E-state index in [4.69, 9.17) is 4.74 Å². The van der Waals surface area contributed by atoms with Crippen LogP contribution in [0.2, 0.25) is 0 Å². The second-order valence-electron chi connectivity index (χ2n) is 6.51. The van der Waals surface area contributed by atoms with Crippen molar-refractivity contribution in [3.05, 3.63) is 42.0 Å². The van der Waals surface area contributed by atoms with E-state index in [2.05, 4.69) is 52.2 Å². The first kappa shape index (κ1) is 15.8. The van der Waals surface area contributed by atoms with Gasteiger partial charge >= 0.3 is 6.03 Å². The topological polar surface area (TPSA) is 73.5 Å². The minimum atomic E-state index is -0.863. The van der Waals surface area contributed by atoms with Crippen LogP contribution in [0.25, 0.3) is 0 Å². The second-order valence-corrected chi connectivity index (χ2v) is 6.51. The molecule has 1 aromatic heterocycles. The van der Waals surface area contributed by atoms with E-state index in [1.807, 2.05) is 0 Å². The summed E-state index contributed by atoms with van der Waals surface area (Å²) in [5.74, 6) is 0.808. The first-order chi connectivity index (χ1) is 12.1. The van der Waals surface area contributed by atoms with Crippen LogP contribution in [-0.4, -0.2) is 41.0 Å².